The Balaban J connectivity index is 1.32. The van der Waals surface area contributed by atoms with E-state index in [-0.39, 0.29) is 16.9 Å². The van der Waals surface area contributed by atoms with Crippen LogP contribution in [0.15, 0.2) is 127 Å². The molecule has 0 heterocycles. The molecule has 0 aromatic heterocycles. The van der Waals surface area contributed by atoms with Gasteiger partial charge >= 0.3 is 0 Å². The van der Waals surface area contributed by atoms with E-state index in [1.54, 1.807) is 0 Å². The van der Waals surface area contributed by atoms with Gasteiger partial charge < -0.3 is 10.2 Å². The smallest absolute Gasteiger partial charge is 0.261 e. The first-order chi connectivity index (χ1) is 21.3. The van der Waals surface area contributed by atoms with E-state index in [4.69, 9.17) is 16.6 Å². The molecule has 0 bridgehead atoms. The number of rotatable bonds is 9. The number of hydrogen-bond acceptors (Lipinski definition) is 2. The SMILES string of the molecule is C#CC(Cc1cc(N)ccc1CO[Si](c1ccccc1)(c1ccccc1)C(C)(C)C)CC1c2ccccc2-c2ccccc21. The summed E-state index contributed by atoms with van der Waals surface area (Å²) < 4.78 is 7.32. The summed E-state index contributed by atoms with van der Waals surface area (Å²) in [6.07, 6.45) is 7.91. The molecule has 44 heavy (non-hydrogen) atoms. The third kappa shape index (κ3) is 5.52. The van der Waals surface area contributed by atoms with Crippen LogP contribution in [0, 0.1) is 18.3 Å². The summed E-state index contributed by atoms with van der Waals surface area (Å²) in [6, 6.07) is 45.4. The second kappa shape index (κ2) is 12.3. The molecule has 1 unspecified atom stereocenters. The minimum Gasteiger partial charge on any atom is -0.403 e. The number of benzene rings is 5. The highest BCUT2D eigenvalue weighted by Crippen LogP contribution is 2.47. The maximum absolute atomic E-state index is 7.32. The summed E-state index contributed by atoms with van der Waals surface area (Å²) in [4.78, 5) is 0. The number of fused-ring (bicyclic) bond motifs is 3. The average Bonchev–Trinajstić information content (AvgIpc) is 3.35. The molecule has 1 aliphatic carbocycles. The zero-order valence-electron chi connectivity index (χ0n) is 26.0. The molecule has 220 valence electrons. The van der Waals surface area contributed by atoms with Crippen molar-refractivity contribution in [2.45, 2.75) is 51.2 Å². The first-order valence-corrected chi connectivity index (χ1v) is 17.5. The van der Waals surface area contributed by atoms with Gasteiger partial charge in [-0.25, -0.2) is 0 Å². The van der Waals surface area contributed by atoms with Gasteiger partial charge in [0.25, 0.3) is 8.32 Å². The minimum absolute atomic E-state index is 0.0487. The second-order valence-corrected chi connectivity index (χ2v) is 17.3. The molecule has 0 spiro atoms. The van der Waals surface area contributed by atoms with Crippen LogP contribution in [0.4, 0.5) is 5.69 Å². The standard InChI is InChI=1S/C41H41NOSi/c1-5-30(27-40-38-22-14-12-20-36(38)37-21-13-15-23-39(37)40)26-32-28-33(42)25-24-31(32)29-43-44(41(2,3)4,34-16-8-6-9-17-34)35-18-10-7-11-19-35/h1,6-25,28,30,40H,26-27,29,42H2,2-4H3. The minimum atomic E-state index is -2.70. The van der Waals surface area contributed by atoms with Crippen molar-refractivity contribution >= 4 is 24.4 Å². The molecule has 0 radical (unpaired) electrons. The van der Waals surface area contributed by atoms with Crippen LogP contribution >= 0.6 is 0 Å². The summed E-state index contributed by atoms with van der Waals surface area (Å²) in [5, 5.41) is 2.44. The third-order valence-electron chi connectivity index (χ3n) is 9.28. The first-order valence-electron chi connectivity index (χ1n) is 15.6. The Hall–Kier alpha value is -4.36. The van der Waals surface area contributed by atoms with Gasteiger partial charge in [0.1, 0.15) is 0 Å². The van der Waals surface area contributed by atoms with Crippen LogP contribution in [0.25, 0.3) is 11.1 Å². The largest absolute Gasteiger partial charge is 0.403 e. The lowest BCUT2D eigenvalue weighted by atomic mass is 9.84. The lowest BCUT2D eigenvalue weighted by molar-refractivity contribution is 0.285. The summed E-state index contributed by atoms with van der Waals surface area (Å²) in [7, 11) is -2.70. The molecule has 0 amide bonds. The van der Waals surface area contributed by atoms with E-state index in [1.807, 2.05) is 6.07 Å². The van der Waals surface area contributed by atoms with E-state index < -0.39 is 8.32 Å². The third-order valence-corrected chi connectivity index (χ3v) is 14.3. The van der Waals surface area contributed by atoms with Crippen molar-refractivity contribution in [3.63, 3.8) is 0 Å². The van der Waals surface area contributed by atoms with Gasteiger partial charge in [0.2, 0.25) is 0 Å². The van der Waals surface area contributed by atoms with Crippen molar-refractivity contribution in [1.29, 1.82) is 0 Å². The quantitative estimate of drug-likeness (QED) is 0.106. The molecule has 0 saturated carbocycles. The van der Waals surface area contributed by atoms with Gasteiger partial charge in [-0.2, -0.15) is 0 Å². The van der Waals surface area contributed by atoms with Crippen LogP contribution < -0.4 is 16.1 Å². The van der Waals surface area contributed by atoms with Crippen LogP contribution in [0.3, 0.4) is 0 Å². The summed E-state index contributed by atoms with van der Waals surface area (Å²) >= 11 is 0. The number of hydrogen-bond donors (Lipinski definition) is 1. The number of nitrogens with two attached hydrogens (primary N) is 1. The Morgan fingerprint density at radius 2 is 1.25 bits per heavy atom. The fourth-order valence-corrected chi connectivity index (χ4v) is 11.7. The normalized spacial score (nSPS) is 13.6. The molecule has 2 N–H and O–H groups in total. The maximum atomic E-state index is 7.32. The molecule has 5 aromatic carbocycles. The van der Waals surface area contributed by atoms with Crippen molar-refractivity contribution in [3.05, 3.63) is 150 Å². The molecule has 0 fully saturated rings. The Morgan fingerprint density at radius 1 is 0.727 bits per heavy atom. The summed E-state index contributed by atoms with van der Waals surface area (Å²) in [5.74, 6) is 3.49. The highest BCUT2D eigenvalue weighted by molar-refractivity contribution is 6.99. The van der Waals surface area contributed by atoms with E-state index in [0.717, 1.165) is 24.1 Å². The van der Waals surface area contributed by atoms with Gasteiger partial charge in [-0.15, -0.1) is 12.3 Å². The zero-order valence-corrected chi connectivity index (χ0v) is 27.0. The second-order valence-electron chi connectivity index (χ2n) is 13.0. The van der Waals surface area contributed by atoms with Gasteiger partial charge in [-0.3, -0.25) is 0 Å². The topological polar surface area (TPSA) is 35.2 Å². The van der Waals surface area contributed by atoms with Gasteiger partial charge in [0.05, 0.1) is 6.61 Å². The molecular formula is C41H41NOSi. The molecule has 6 rings (SSSR count). The maximum Gasteiger partial charge on any atom is 0.261 e. The van der Waals surface area contributed by atoms with Crippen molar-refractivity contribution in [1.82, 2.24) is 0 Å². The monoisotopic (exact) mass is 591 g/mol. The fraction of sp³-hybridized carbons (Fsp3) is 0.220. The Bertz CT molecular complexity index is 1700. The van der Waals surface area contributed by atoms with Crippen LogP contribution in [-0.4, -0.2) is 8.32 Å². The molecule has 2 nitrogen and oxygen atoms in total. The average molecular weight is 592 g/mol. The highest BCUT2D eigenvalue weighted by atomic mass is 28.4. The van der Waals surface area contributed by atoms with Gasteiger partial charge in [-0.05, 0) is 73.8 Å². The molecule has 0 aliphatic heterocycles. The highest BCUT2D eigenvalue weighted by Gasteiger charge is 2.50. The summed E-state index contributed by atoms with van der Waals surface area (Å²) in [5.41, 5.74) is 14.9. The predicted octanol–water partition coefficient (Wildman–Crippen LogP) is 8.34. The number of nitrogen functional groups attached to an aromatic ring is 1. The van der Waals surface area contributed by atoms with Crippen LogP contribution in [0.5, 0.6) is 0 Å². The van der Waals surface area contributed by atoms with Crippen molar-refractivity contribution in [2.75, 3.05) is 5.73 Å². The number of terminal acetylenes is 1. The molecule has 1 aliphatic rings. The number of anilines is 1. The Morgan fingerprint density at radius 3 is 1.77 bits per heavy atom. The lowest BCUT2D eigenvalue weighted by Crippen LogP contribution is -2.66. The van der Waals surface area contributed by atoms with Crippen molar-refractivity contribution < 1.29 is 4.43 Å². The van der Waals surface area contributed by atoms with E-state index in [2.05, 4.69) is 148 Å². The van der Waals surface area contributed by atoms with E-state index in [0.29, 0.717) is 6.61 Å². The molecular weight excluding hydrogens is 551 g/mol. The molecule has 3 heteroatoms. The van der Waals surface area contributed by atoms with E-state index in [1.165, 1.54) is 38.2 Å². The molecule has 0 saturated heterocycles. The van der Waals surface area contributed by atoms with E-state index in [9.17, 15) is 0 Å². The molecule has 5 aromatic rings. The Labute approximate surface area is 264 Å². The molecule has 1 atom stereocenters. The predicted molar refractivity (Wildman–Crippen MR) is 188 cm³/mol. The van der Waals surface area contributed by atoms with Crippen molar-refractivity contribution in [2.24, 2.45) is 5.92 Å². The lowest BCUT2D eigenvalue weighted by Gasteiger charge is -2.43. The zero-order chi connectivity index (χ0) is 30.7. The van der Waals surface area contributed by atoms with Crippen LogP contribution in [0.1, 0.15) is 55.4 Å². The van der Waals surface area contributed by atoms with E-state index >= 15 is 0 Å². The van der Waals surface area contributed by atoms with Crippen LogP contribution in [0.2, 0.25) is 5.04 Å². The van der Waals surface area contributed by atoms with Gasteiger partial charge in [0, 0.05) is 17.5 Å². The summed E-state index contributed by atoms with van der Waals surface area (Å²) in [6.45, 7) is 7.44. The van der Waals surface area contributed by atoms with Crippen LogP contribution in [-0.2, 0) is 17.5 Å². The first kappa shape index (κ1) is 29.7. The fourth-order valence-electron chi connectivity index (χ4n) is 7.20. The van der Waals surface area contributed by atoms with Crippen molar-refractivity contribution in [3.8, 4) is 23.5 Å². The van der Waals surface area contributed by atoms with Gasteiger partial charge in [-0.1, -0.05) is 136 Å². The van der Waals surface area contributed by atoms with Gasteiger partial charge in [0.15, 0.2) is 0 Å². The Kier molecular flexibility index (Phi) is 8.32.